The molecule has 5 heteroatoms. The number of halogens is 1. The van der Waals surface area contributed by atoms with Crippen LogP contribution in [0.3, 0.4) is 0 Å². The van der Waals surface area contributed by atoms with Gasteiger partial charge in [0.2, 0.25) is 0 Å². The average molecular weight is 301 g/mol. The van der Waals surface area contributed by atoms with Gasteiger partial charge >= 0.3 is 0 Å². The molecule has 0 bridgehead atoms. The molecule has 1 fully saturated rings. The molecule has 20 heavy (non-hydrogen) atoms. The van der Waals surface area contributed by atoms with Crippen molar-refractivity contribution in [2.75, 3.05) is 6.61 Å². The average Bonchev–Trinajstić information content (AvgIpc) is 2.64. The van der Waals surface area contributed by atoms with Crippen molar-refractivity contribution in [2.24, 2.45) is 0 Å². The minimum Gasteiger partial charge on any atom is -0.389 e. The summed E-state index contributed by atoms with van der Waals surface area (Å²) in [5.74, 6) is 0. The molecule has 0 amide bonds. The second kappa shape index (κ2) is 5.66. The number of ether oxygens (including phenoxy) is 1. The second-order valence-electron chi connectivity index (χ2n) is 6.31. The van der Waals surface area contributed by atoms with E-state index in [0.717, 1.165) is 24.4 Å². The topological polar surface area (TPSA) is 47.3 Å². The summed E-state index contributed by atoms with van der Waals surface area (Å²) in [7, 11) is 0. The first kappa shape index (κ1) is 15.8. The maximum atomic E-state index is 10.9. The molecule has 1 aromatic rings. The molecule has 2 heterocycles. The van der Waals surface area contributed by atoms with E-state index in [1.54, 1.807) is 0 Å². The van der Waals surface area contributed by atoms with Crippen LogP contribution in [0.4, 0.5) is 0 Å². The van der Waals surface area contributed by atoms with Crippen LogP contribution in [0.25, 0.3) is 0 Å². The van der Waals surface area contributed by atoms with Gasteiger partial charge < -0.3 is 9.84 Å². The van der Waals surface area contributed by atoms with E-state index in [-0.39, 0.29) is 5.60 Å². The Morgan fingerprint density at radius 3 is 2.65 bits per heavy atom. The lowest BCUT2D eigenvalue weighted by molar-refractivity contribution is -0.143. The van der Waals surface area contributed by atoms with Crippen LogP contribution in [-0.4, -0.2) is 32.7 Å². The van der Waals surface area contributed by atoms with Gasteiger partial charge in [0.15, 0.2) is 0 Å². The van der Waals surface area contributed by atoms with Crippen LogP contribution in [0.5, 0.6) is 0 Å². The third kappa shape index (κ3) is 3.18. The van der Waals surface area contributed by atoms with Crippen molar-refractivity contribution in [3.63, 3.8) is 0 Å². The highest BCUT2D eigenvalue weighted by atomic mass is 35.5. The molecule has 1 N–H and O–H groups in total. The van der Waals surface area contributed by atoms with Gasteiger partial charge in [-0.3, -0.25) is 4.68 Å². The molecule has 1 saturated heterocycles. The maximum absolute atomic E-state index is 10.9. The first-order chi connectivity index (χ1) is 9.30. The Morgan fingerprint density at radius 1 is 1.40 bits per heavy atom. The van der Waals surface area contributed by atoms with Gasteiger partial charge in [-0.15, -0.1) is 0 Å². The Balaban J connectivity index is 2.27. The zero-order valence-electron chi connectivity index (χ0n) is 12.9. The van der Waals surface area contributed by atoms with E-state index in [9.17, 15) is 5.11 Å². The summed E-state index contributed by atoms with van der Waals surface area (Å²) in [4.78, 5) is 0. The Labute approximate surface area is 126 Å². The van der Waals surface area contributed by atoms with E-state index in [4.69, 9.17) is 16.3 Å². The summed E-state index contributed by atoms with van der Waals surface area (Å²) in [6.45, 7) is 9.49. The number of aliphatic hydroxyl groups is 1. The second-order valence-corrected chi connectivity index (χ2v) is 6.69. The zero-order chi connectivity index (χ0) is 15.0. The van der Waals surface area contributed by atoms with Crippen molar-refractivity contribution < 1.29 is 9.84 Å². The van der Waals surface area contributed by atoms with Gasteiger partial charge in [-0.1, -0.05) is 18.5 Å². The largest absolute Gasteiger partial charge is 0.389 e. The Morgan fingerprint density at radius 2 is 2.10 bits per heavy atom. The molecule has 1 atom stereocenters. The van der Waals surface area contributed by atoms with Crippen LogP contribution in [0, 0.1) is 0 Å². The molecule has 114 valence electrons. The molecule has 0 saturated carbocycles. The van der Waals surface area contributed by atoms with Crippen LogP contribution < -0.4 is 0 Å². The minimum atomic E-state index is -0.761. The lowest BCUT2D eigenvalue weighted by Gasteiger charge is -2.41. The molecule has 0 aromatic carbocycles. The monoisotopic (exact) mass is 300 g/mol. The summed E-state index contributed by atoms with van der Waals surface area (Å²) < 4.78 is 7.61. The van der Waals surface area contributed by atoms with Gasteiger partial charge in [-0.05, 0) is 33.6 Å². The Kier molecular flexibility index (Phi) is 4.47. The fourth-order valence-corrected chi connectivity index (χ4v) is 3.43. The van der Waals surface area contributed by atoms with Crippen molar-refractivity contribution in [3.8, 4) is 0 Å². The minimum absolute atomic E-state index is 0.288. The van der Waals surface area contributed by atoms with Crippen molar-refractivity contribution in [3.05, 3.63) is 16.4 Å². The van der Waals surface area contributed by atoms with E-state index < -0.39 is 5.60 Å². The predicted octanol–water partition coefficient (Wildman–Crippen LogP) is 2.98. The van der Waals surface area contributed by atoms with Gasteiger partial charge in [0.1, 0.15) is 0 Å². The van der Waals surface area contributed by atoms with E-state index in [0.29, 0.717) is 30.9 Å². The van der Waals surface area contributed by atoms with E-state index in [2.05, 4.69) is 5.10 Å². The first-order valence-electron chi connectivity index (χ1n) is 7.40. The van der Waals surface area contributed by atoms with Crippen molar-refractivity contribution >= 4 is 11.6 Å². The molecule has 0 aliphatic carbocycles. The normalized spacial score (nSPS) is 25.9. The van der Waals surface area contributed by atoms with Crippen molar-refractivity contribution in [2.45, 2.75) is 71.1 Å². The van der Waals surface area contributed by atoms with Gasteiger partial charge in [-0.2, -0.15) is 5.10 Å². The SMILES string of the molecule is CCc1nn(CC)c(CC2(O)CCOC(C)(C)C2)c1Cl. The van der Waals surface area contributed by atoms with E-state index >= 15 is 0 Å². The highest BCUT2D eigenvalue weighted by molar-refractivity contribution is 6.31. The maximum Gasteiger partial charge on any atom is 0.0850 e. The Bertz CT molecular complexity index is 484. The predicted molar refractivity (Wildman–Crippen MR) is 80.2 cm³/mol. The highest BCUT2D eigenvalue weighted by Crippen LogP contribution is 2.36. The Hall–Kier alpha value is -0.580. The highest BCUT2D eigenvalue weighted by Gasteiger charge is 2.40. The van der Waals surface area contributed by atoms with E-state index in [1.807, 2.05) is 32.4 Å². The summed E-state index contributed by atoms with van der Waals surface area (Å²) in [5, 5.41) is 16.1. The summed E-state index contributed by atoms with van der Waals surface area (Å²) in [6, 6.07) is 0. The summed E-state index contributed by atoms with van der Waals surface area (Å²) in [6.07, 6.45) is 2.61. The lowest BCUT2D eigenvalue weighted by Crippen LogP contribution is -2.47. The van der Waals surface area contributed by atoms with Crippen LogP contribution in [0.2, 0.25) is 5.02 Å². The molecule has 1 aliphatic rings. The van der Waals surface area contributed by atoms with Crippen molar-refractivity contribution in [1.82, 2.24) is 9.78 Å². The molecule has 1 unspecified atom stereocenters. The fraction of sp³-hybridized carbons (Fsp3) is 0.800. The summed E-state index contributed by atoms with van der Waals surface area (Å²) >= 11 is 6.43. The molecule has 1 aliphatic heterocycles. The molecule has 1 aromatic heterocycles. The number of hydrogen-bond donors (Lipinski definition) is 1. The third-order valence-electron chi connectivity index (χ3n) is 4.01. The van der Waals surface area contributed by atoms with Crippen LogP contribution in [-0.2, 0) is 24.1 Å². The molecular formula is C15H25ClN2O2. The molecule has 0 radical (unpaired) electrons. The van der Waals surface area contributed by atoms with Crippen LogP contribution in [0.1, 0.15) is 51.9 Å². The fourth-order valence-electron chi connectivity index (χ4n) is 3.10. The lowest BCUT2D eigenvalue weighted by atomic mass is 9.81. The van der Waals surface area contributed by atoms with Crippen molar-refractivity contribution in [1.29, 1.82) is 0 Å². The van der Waals surface area contributed by atoms with Gasteiger partial charge in [0, 0.05) is 19.4 Å². The van der Waals surface area contributed by atoms with Gasteiger partial charge in [0.25, 0.3) is 0 Å². The molecule has 0 spiro atoms. The number of nitrogens with zero attached hydrogens (tertiary/aromatic N) is 2. The molecular weight excluding hydrogens is 276 g/mol. The number of aromatic nitrogens is 2. The molecule has 4 nitrogen and oxygen atoms in total. The quantitative estimate of drug-likeness (QED) is 0.930. The molecule has 2 rings (SSSR count). The number of hydrogen-bond acceptors (Lipinski definition) is 3. The smallest absolute Gasteiger partial charge is 0.0850 e. The van der Waals surface area contributed by atoms with Crippen LogP contribution in [0.15, 0.2) is 0 Å². The van der Waals surface area contributed by atoms with Gasteiger partial charge in [0.05, 0.1) is 34.2 Å². The zero-order valence-corrected chi connectivity index (χ0v) is 13.6. The number of rotatable bonds is 4. The van der Waals surface area contributed by atoms with Gasteiger partial charge in [-0.25, -0.2) is 0 Å². The summed E-state index contributed by atoms with van der Waals surface area (Å²) in [5.41, 5.74) is 0.817. The third-order valence-corrected chi connectivity index (χ3v) is 4.44. The van der Waals surface area contributed by atoms with E-state index in [1.165, 1.54) is 0 Å². The standard InChI is InChI=1S/C15H25ClN2O2/c1-5-11-13(16)12(18(6-2)17-11)9-15(19)7-8-20-14(3,4)10-15/h19H,5-10H2,1-4H3. The van der Waals surface area contributed by atoms with Crippen LogP contribution >= 0.6 is 11.6 Å². The first-order valence-corrected chi connectivity index (χ1v) is 7.78. The number of aryl methyl sites for hydroxylation is 2.